The van der Waals surface area contributed by atoms with E-state index in [1.165, 1.54) is 6.07 Å². The average molecular weight is 300 g/mol. The van der Waals surface area contributed by atoms with Gasteiger partial charge in [0.25, 0.3) is 0 Å². The van der Waals surface area contributed by atoms with E-state index in [9.17, 15) is 28.6 Å². The van der Waals surface area contributed by atoms with Crippen molar-refractivity contribution in [1.29, 1.82) is 0 Å². The summed E-state index contributed by atoms with van der Waals surface area (Å²) in [6, 6.07) is 3.05. The summed E-state index contributed by atoms with van der Waals surface area (Å²) < 4.78 is 26.1. The summed E-state index contributed by atoms with van der Waals surface area (Å²) in [5, 5.41) is 18.6. The van der Waals surface area contributed by atoms with Crippen LogP contribution in [0.2, 0.25) is 0 Å². The normalized spacial score (nSPS) is 14.5. The van der Waals surface area contributed by atoms with Crippen LogP contribution in [0.25, 0.3) is 0 Å². The first-order chi connectivity index (χ1) is 9.54. The van der Waals surface area contributed by atoms with Crippen LogP contribution in [0.3, 0.4) is 0 Å². The van der Waals surface area contributed by atoms with Gasteiger partial charge in [0.2, 0.25) is 0 Å². The third kappa shape index (κ3) is 4.24. The minimum Gasteiger partial charge on any atom is -0.481 e. The molecule has 4 nitrogen and oxygen atoms in total. The summed E-state index contributed by atoms with van der Waals surface area (Å²) >= 11 is 0. The number of carboxylic acids is 2. The molecule has 0 aromatic heterocycles. The molecule has 116 valence electrons. The molecule has 0 fully saturated rings. The van der Waals surface area contributed by atoms with E-state index < -0.39 is 40.8 Å². The molecule has 2 atom stereocenters. The van der Waals surface area contributed by atoms with Gasteiger partial charge in [0.05, 0.1) is 11.8 Å². The Morgan fingerprint density at radius 3 is 2.05 bits per heavy atom. The Kier molecular flexibility index (Phi) is 5.04. The van der Waals surface area contributed by atoms with E-state index in [4.69, 9.17) is 0 Å². The zero-order valence-electron chi connectivity index (χ0n) is 12.1. The van der Waals surface area contributed by atoms with Crippen LogP contribution in [0.5, 0.6) is 0 Å². The molecule has 0 spiro atoms. The molecule has 0 radical (unpaired) electrons. The van der Waals surface area contributed by atoms with E-state index in [0.29, 0.717) is 0 Å². The van der Waals surface area contributed by atoms with Gasteiger partial charge in [0.1, 0.15) is 0 Å². The van der Waals surface area contributed by atoms with Crippen molar-refractivity contribution >= 4 is 11.9 Å². The van der Waals surface area contributed by atoms with Gasteiger partial charge < -0.3 is 10.2 Å². The molecule has 1 unspecified atom stereocenters. The second kappa shape index (κ2) is 6.20. The summed E-state index contributed by atoms with van der Waals surface area (Å²) in [5.41, 5.74) is -0.537. The maximum Gasteiger partial charge on any atom is 0.307 e. The van der Waals surface area contributed by atoms with Crippen LogP contribution in [-0.4, -0.2) is 22.2 Å². The van der Waals surface area contributed by atoms with Gasteiger partial charge in [-0.1, -0.05) is 26.8 Å². The molecular formula is C15H18F2O4. The van der Waals surface area contributed by atoms with Crippen molar-refractivity contribution in [3.05, 3.63) is 35.4 Å². The van der Waals surface area contributed by atoms with Gasteiger partial charge in [-0.2, -0.15) is 0 Å². The van der Waals surface area contributed by atoms with Crippen molar-refractivity contribution in [1.82, 2.24) is 0 Å². The molecule has 1 aromatic rings. The van der Waals surface area contributed by atoms with Gasteiger partial charge in [0.15, 0.2) is 11.6 Å². The predicted molar refractivity (Wildman–Crippen MR) is 71.8 cm³/mol. The number of halogens is 2. The number of benzene rings is 1. The Morgan fingerprint density at radius 2 is 1.67 bits per heavy atom. The third-order valence-electron chi connectivity index (χ3n) is 3.36. The number of carbonyl (C=O) groups is 2. The molecule has 6 heteroatoms. The van der Waals surface area contributed by atoms with E-state index in [2.05, 4.69) is 0 Å². The van der Waals surface area contributed by atoms with Crippen LogP contribution < -0.4 is 0 Å². The summed E-state index contributed by atoms with van der Waals surface area (Å²) in [4.78, 5) is 22.8. The van der Waals surface area contributed by atoms with Gasteiger partial charge in [-0.3, -0.25) is 9.59 Å². The van der Waals surface area contributed by atoms with Gasteiger partial charge in [-0.25, -0.2) is 8.78 Å². The maximum absolute atomic E-state index is 13.2. The minimum atomic E-state index is -1.28. The van der Waals surface area contributed by atoms with Gasteiger partial charge in [-0.05, 0) is 29.5 Å². The smallest absolute Gasteiger partial charge is 0.307 e. The van der Waals surface area contributed by atoms with Crippen LogP contribution >= 0.6 is 0 Å². The van der Waals surface area contributed by atoms with Crippen molar-refractivity contribution in [3.63, 3.8) is 0 Å². The molecule has 0 saturated heterocycles. The van der Waals surface area contributed by atoms with Gasteiger partial charge in [-0.15, -0.1) is 0 Å². The molecule has 21 heavy (non-hydrogen) atoms. The van der Waals surface area contributed by atoms with E-state index in [1.807, 2.05) is 0 Å². The highest BCUT2D eigenvalue weighted by molar-refractivity contribution is 5.80. The van der Waals surface area contributed by atoms with Crippen molar-refractivity contribution in [2.75, 3.05) is 0 Å². The second-order valence-electron chi connectivity index (χ2n) is 6.08. The van der Waals surface area contributed by atoms with Gasteiger partial charge in [0, 0.05) is 0 Å². The number of aliphatic carboxylic acids is 2. The average Bonchev–Trinajstić information content (AvgIpc) is 2.30. The predicted octanol–water partition coefficient (Wildman–Crippen LogP) is 2.96. The van der Waals surface area contributed by atoms with Crippen LogP contribution in [0.4, 0.5) is 8.78 Å². The molecule has 0 amide bonds. The standard InChI is InChI=1S/C15H18F2O4/c1-15(2,3)12(14(20)21)9(13(18)19)6-8-4-5-10(16)11(17)7-8/h4-5,7,9,12H,6H2,1-3H3,(H,18,19)(H,20,21)/t9-,12?/m1/s1. The Hall–Kier alpha value is -1.98. The monoisotopic (exact) mass is 300 g/mol. The fourth-order valence-corrected chi connectivity index (χ4v) is 2.41. The lowest BCUT2D eigenvalue weighted by molar-refractivity contribution is -0.158. The van der Waals surface area contributed by atoms with Crippen LogP contribution in [0.15, 0.2) is 18.2 Å². The molecule has 2 N–H and O–H groups in total. The quantitative estimate of drug-likeness (QED) is 0.876. The molecular weight excluding hydrogens is 282 g/mol. The topological polar surface area (TPSA) is 74.6 Å². The van der Waals surface area contributed by atoms with Crippen LogP contribution in [0, 0.1) is 28.9 Å². The lowest BCUT2D eigenvalue weighted by Crippen LogP contribution is -2.40. The van der Waals surface area contributed by atoms with E-state index >= 15 is 0 Å². The lowest BCUT2D eigenvalue weighted by Gasteiger charge is -2.31. The number of hydrogen-bond donors (Lipinski definition) is 2. The van der Waals surface area contributed by atoms with E-state index in [-0.39, 0.29) is 12.0 Å². The van der Waals surface area contributed by atoms with Crippen LogP contribution in [-0.2, 0) is 16.0 Å². The minimum absolute atomic E-state index is 0.180. The largest absolute Gasteiger partial charge is 0.481 e. The van der Waals surface area contributed by atoms with Crippen LogP contribution in [0.1, 0.15) is 26.3 Å². The summed E-state index contributed by atoms with van der Waals surface area (Å²) in [6.45, 7) is 4.90. The molecule has 0 saturated carbocycles. The highest BCUT2D eigenvalue weighted by Crippen LogP contribution is 2.34. The van der Waals surface area contributed by atoms with Crippen molar-refractivity contribution in [2.24, 2.45) is 17.3 Å². The number of hydrogen-bond acceptors (Lipinski definition) is 2. The van der Waals surface area contributed by atoms with Gasteiger partial charge >= 0.3 is 11.9 Å². The first kappa shape index (κ1) is 17.1. The molecule has 0 aliphatic rings. The number of carboxylic acid groups (broad SMARTS) is 2. The maximum atomic E-state index is 13.2. The number of rotatable bonds is 5. The molecule has 1 aromatic carbocycles. The Balaban J connectivity index is 3.14. The van der Waals surface area contributed by atoms with E-state index in [1.54, 1.807) is 20.8 Å². The molecule has 0 aliphatic heterocycles. The van der Waals surface area contributed by atoms with Crippen molar-refractivity contribution in [3.8, 4) is 0 Å². The zero-order valence-corrected chi connectivity index (χ0v) is 12.1. The summed E-state index contributed by atoms with van der Waals surface area (Å²) in [7, 11) is 0. The molecule has 0 aliphatic carbocycles. The van der Waals surface area contributed by atoms with E-state index in [0.717, 1.165) is 12.1 Å². The Bertz CT molecular complexity index is 549. The third-order valence-corrected chi connectivity index (χ3v) is 3.36. The molecule has 1 rings (SSSR count). The summed E-state index contributed by atoms with van der Waals surface area (Å²) in [6.07, 6.45) is -0.180. The van der Waals surface area contributed by atoms with Crippen molar-refractivity contribution in [2.45, 2.75) is 27.2 Å². The highest BCUT2D eigenvalue weighted by Gasteiger charge is 2.41. The molecule has 0 bridgehead atoms. The highest BCUT2D eigenvalue weighted by atomic mass is 19.2. The fraction of sp³-hybridized carbons (Fsp3) is 0.467. The Labute approximate surface area is 121 Å². The van der Waals surface area contributed by atoms with Crippen molar-refractivity contribution < 1.29 is 28.6 Å². The lowest BCUT2D eigenvalue weighted by atomic mass is 9.71. The fourth-order valence-electron chi connectivity index (χ4n) is 2.41. The molecule has 0 heterocycles. The first-order valence-corrected chi connectivity index (χ1v) is 6.43. The first-order valence-electron chi connectivity index (χ1n) is 6.43. The second-order valence-corrected chi connectivity index (χ2v) is 6.08. The SMILES string of the molecule is CC(C)(C)C(C(=O)O)[C@@H](Cc1ccc(F)c(F)c1)C(=O)O. The Morgan fingerprint density at radius 1 is 1.10 bits per heavy atom. The summed E-state index contributed by atoms with van der Waals surface area (Å²) in [5.74, 6) is -6.99. The zero-order chi connectivity index (χ0) is 16.4.